The van der Waals surface area contributed by atoms with Crippen molar-refractivity contribution in [1.29, 1.82) is 0 Å². The van der Waals surface area contributed by atoms with Crippen LogP contribution >= 0.6 is 11.6 Å². The molecule has 0 aromatic carbocycles. The van der Waals surface area contributed by atoms with Gasteiger partial charge in [0.2, 0.25) is 0 Å². The number of nitrogens with zero attached hydrogens (tertiary/aromatic N) is 1. The molecule has 0 spiro atoms. The van der Waals surface area contributed by atoms with E-state index in [1.807, 2.05) is 13.0 Å². The molecule has 17 heavy (non-hydrogen) atoms. The average Bonchev–Trinajstić information content (AvgIpc) is 2.30. The first-order valence-electron chi connectivity index (χ1n) is 5.56. The van der Waals surface area contributed by atoms with Crippen LogP contribution in [0.25, 0.3) is 0 Å². The van der Waals surface area contributed by atoms with Crippen LogP contribution in [0.1, 0.15) is 27.2 Å². The largest absolute Gasteiger partial charge is 0.396 e. The lowest BCUT2D eigenvalue weighted by molar-refractivity contribution is 1.10. The number of nitrogen functional groups attached to an aromatic ring is 1. The van der Waals surface area contributed by atoms with E-state index in [2.05, 4.69) is 30.2 Å². The molecule has 0 radical (unpaired) electrons. The Bertz CT molecular complexity index is 450. The van der Waals surface area contributed by atoms with Crippen LogP contribution in [-0.4, -0.2) is 4.98 Å². The predicted molar refractivity (Wildman–Crippen MR) is 75.1 cm³/mol. The zero-order valence-corrected chi connectivity index (χ0v) is 11.2. The summed E-state index contributed by atoms with van der Waals surface area (Å²) in [5, 5.41) is 3.55. The second-order valence-electron chi connectivity index (χ2n) is 3.91. The third-order valence-corrected chi connectivity index (χ3v) is 2.59. The monoisotopic (exact) mass is 251 g/mol. The maximum atomic E-state index is 5.81. The highest BCUT2D eigenvalue weighted by Gasteiger charge is 2.01. The Morgan fingerprint density at radius 1 is 1.41 bits per heavy atom. The third-order valence-electron chi connectivity index (χ3n) is 2.38. The number of hydrogen-bond donors (Lipinski definition) is 2. The molecule has 0 aliphatic carbocycles. The number of nitrogens with two attached hydrogens (primary N) is 1. The normalized spacial score (nSPS) is 12.7. The summed E-state index contributed by atoms with van der Waals surface area (Å²) < 4.78 is 0. The average molecular weight is 252 g/mol. The van der Waals surface area contributed by atoms with Crippen molar-refractivity contribution in [2.24, 2.45) is 0 Å². The fraction of sp³-hybridized carbons (Fsp3) is 0.308. The van der Waals surface area contributed by atoms with E-state index in [-0.39, 0.29) is 0 Å². The van der Waals surface area contributed by atoms with Crippen LogP contribution in [-0.2, 0) is 0 Å². The van der Waals surface area contributed by atoms with Crippen LogP contribution in [0.2, 0.25) is 5.15 Å². The lowest BCUT2D eigenvalue weighted by Gasteiger charge is -2.08. The summed E-state index contributed by atoms with van der Waals surface area (Å²) in [5.41, 5.74) is 8.66. The molecule has 3 N–H and O–H groups in total. The number of pyridine rings is 1. The van der Waals surface area contributed by atoms with Crippen LogP contribution in [0.15, 0.2) is 35.6 Å². The molecule has 1 rings (SSSR count). The van der Waals surface area contributed by atoms with Gasteiger partial charge in [-0.3, -0.25) is 0 Å². The third kappa shape index (κ3) is 4.49. The van der Waals surface area contributed by atoms with E-state index in [0.29, 0.717) is 16.7 Å². The van der Waals surface area contributed by atoms with Crippen LogP contribution in [0.3, 0.4) is 0 Å². The highest BCUT2D eigenvalue weighted by Crippen LogP contribution is 2.19. The first-order valence-corrected chi connectivity index (χ1v) is 5.93. The quantitative estimate of drug-likeness (QED) is 0.628. The summed E-state index contributed by atoms with van der Waals surface area (Å²) in [7, 11) is 0. The molecule has 1 aromatic rings. The van der Waals surface area contributed by atoms with Gasteiger partial charge in [-0.2, -0.15) is 0 Å². The topological polar surface area (TPSA) is 50.9 Å². The minimum Gasteiger partial charge on any atom is -0.396 e. The minimum absolute atomic E-state index is 0.426. The lowest BCUT2D eigenvalue weighted by Crippen LogP contribution is -2.02. The number of aromatic nitrogens is 1. The molecule has 0 bridgehead atoms. The van der Waals surface area contributed by atoms with Crippen LogP contribution in [0.5, 0.6) is 0 Å². The van der Waals surface area contributed by atoms with E-state index >= 15 is 0 Å². The van der Waals surface area contributed by atoms with Crippen LogP contribution in [0.4, 0.5) is 11.5 Å². The Hall–Kier alpha value is -1.48. The van der Waals surface area contributed by atoms with Gasteiger partial charge >= 0.3 is 0 Å². The van der Waals surface area contributed by atoms with Gasteiger partial charge in [0.1, 0.15) is 5.15 Å². The molecule has 0 saturated carbocycles. The van der Waals surface area contributed by atoms with Crippen LogP contribution in [0, 0.1) is 0 Å². The molecule has 0 aliphatic heterocycles. The molecule has 1 aromatic heterocycles. The number of halogens is 1. The van der Waals surface area contributed by atoms with E-state index in [9.17, 15) is 0 Å². The van der Waals surface area contributed by atoms with Gasteiger partial charge in [-0.25, -0.2) is 4.98 Å². The smallest absolute Gasteiger partial charge is 0.155 e. The second kappa shape index (κ2) is 6.30. The second-order valence-corrected chi connectivity index (χ2v) is 4.30. The molecular weight excluding hydrogens is 234 g/mol. The highest BCUT2D eigenvalue weighted by molar-refractivity contribution is 6.29. The van der Waals surface area contributed by atoms with Crippen molar-refractivity contribution in [3.05, 3.63) is 40.7 Å². The Balaban J connectivity index is 2.80. The van der Waals surface area contributed by atoms with Crippen molar-refractivity contribution < 1.29 is 0 Å². The lowest BCUT2D eigenvalue weighted by atomic mass is 10.2. The van der Waals surface area contributed by atoms with Crippen molar-refractivity contribution in [3.63, 3.8) is 0 Å². The van der Waals surface area contributed by atoms with Crippen LogP contribution < -0.4 is 11.1 Å². The zero-order chi connectivity index (χ0) is 12.8. The predicted octanol–water partition coefficient (Wildman–Crippen LogP) is 3.99. The fourth-order valence-electron chi connectivity index (χ4n) is 1.16. The molecule has 4 heteroatoms. The summed E-state index contributed by atoms with van der Waals surface area (Å²) in [4.78, 5) is 4.13. The van der Waals surface area contributed by atoms with E-state index in [4.69, 9.17) is 17.3 Å². The first kappa shape index (κ1) is 13.6. The van der Waals surface area contributed by atoms with Crippen molar-refractivity contribution >= 4 is 23.1 Å². The summed E-state index contributed by atoms with van der Waals surface area (Å²) >= 11 is 5.81. The van der Waals surface area contributed by atoms with E-state index in [1.54, 1.807) is 12.1 Å². The summed E-state index contributed by atoms with van der Waals surface area (Å²) in [6.07, 6.45) is 5.12. The molecule has 0 saturated heterocycles. The van der Waals surface area contributed by atoms with Gasteiger partial charge in [-0.15, -0.1) is 0 Å². The number of anilines is 2. The van der Waals surface area contributed by atoms with Gasteiger partial charge in [0.15, 0.2) is 5.82 Å². The van der Waals surface area contributed by atoms with E-state index in [0.717, 1.165) is 12.1 Å². The zero-order valence-electron chi connectivity index (χ0n) is 10.4. The molecule has 0 amide bonds. The van der Waals surface area contributed by atoms with Gasteiger partial charge < -0.3 is 11.1 Å². The Morgan fingerprint density at radius 3 is 2.76 bits per heavy atom. The highest BCUT2D eigenvalue weighted by atomic mass is 35.5. The first-order chi connectivity index (χ1) is 8.02. The molecule has 0 aliphatic rings. The summed E-state index contributed by atoms with van der Waals surface area (Å²) in [5.74, 6) is 0.591. The maximum Gasteiger partial charge on any atom is 0.155 e. The number of rotatable bonds is 4. The van der Waals surface area contributed by atoms with Gasteiger partial charge in [-0.1, -0.05) is 30.2 Å². The van der Waals surface area contributed by atoms with Gasteiger partial charge in [0, 0.05) is 5.70 Å². The molecule has 1 heterocycles. The molecule has 3 nitrogen and oxygen atoms in total. The number of nitrogens with one attached hydrogen (secondary N) is 1. The fourth-order valence-corrected chi connectivity index (χ4v) is 1.31. The number of hydrogen-bond acceptors (Lipinski definition) is 3. The Morgan fingerprint density at radius 2 is 2.12 bits per heavy atom. The minimum atomic E-state index is 0.426. The Labute approximate surface area is 107 Å². The molecule has 0 unspecified atom stereocenters. The van der Waals surface area contributed by atoms with Crippen molar-refractivity contribution in [3.8, 4) is 0 Å². The summed E-state index contributed by atoms with van der Waals surface area (Å²) in [6.45, 7) is 6.18. The molecular formula is C13H18ClN3. The standard InChI is InChI=1S/C13H18ClN3/c1-4-9(2)5-6-10(3)16-13-11(15)7-8-12(14)17-13/h5-8H,4,15H2,1-3H3,(H,16,17)/b9-5+,10-6+. The number of allylic oxidation sites excluding steroid dienone is 4. The SMILES string of the molecule is CC/C(C)=C/C=C(\C)Nc1nc(Cl)ccc1N. The molecule has 92 valence electrons. The van der Waals surface area contributed by atoms with Gasteiger partial charge in [-0.05, 0) is 38.5 Å². The van der Waals surface area contributed by atoms with Crippen molar-refractivity contribution in [2.45, 2.75) is 27.2 Å². The summed E-state index contributed by atoms with van der Waals surface area (Å²) in [6, 6.07) is 3.40. The molecule has 0 atom stereocenters. The van der Waals surface area contributed by atoms with E-state index < -0.39 is 0 Å². The van der Waals surface area contributed by atoms with E-state index in [1.165, 1.54) is 5.57 Å². The van der Waals surface area contributed by atoms with Crippen molar-refractivity contribution in [1.82, 2.24) is 4.98 Å². The van der Waals surface area contributed by atoms with Gasteiger partial charge in [0.05, 0.1) is 5.69 Å². The Kier molecular flexibility index (Phi) is 5.04. The molecule has 0 fully saturated rings. The maximum absolute atomic E-state index is 5.81. The van der Waals surface area contributed by atoms with Crippen molar-refractivity contribution in [2.75, 3.05) is 11.1 Å². The van der Waals surface area contributed by atoms with Gasteiger partial charge in [0.25, 0.3) is 0 Å².